The molecule has 0 amide bonds. The SMILES string of the molecule is CO[Si](OC)(OC)OC.[Si]Cl. The van der Waals surface area contributed by atoms with Crippen molar-refractivity contribution in [2.45, 2.75) is 0 Å². The molecule has 0 aromatic rings. The third-order valence-electron chi connectivity index (χ3n) is 1.00. The van der Waals surface area contributed by atoms with Gasteiger partial charge in [-0.25, -0.2) is 0 Å². The molecule has 0 heterocycles. The minimum absolute atomic E-state index is 1.49. The van der Waals surface area contributed by atoms with Crippen molar-refractivity contribution in [1.29, 1.82) is 0 Å². The summed E-state index contributed by atoms with van der Waals surface area (Å²) in [6.07, 6.45) is 0. The Morgan fingerprint density at radius 3 is 1.00 bits per heavy atom. The molecule has 0 saturated carbocycles. The lowest BCUT2D eigenvalue weighted by Gasteiger charge is -2.19. The van der Waals surface area contributed by atoms with E-state index < -0.39 is 9.05 Å². The fourth-order valence-corrected chi connectivity index (χ4v) is 1.50. The van der Waals surface area contributed by atoms with Gasteiger partial charge in [-0.2, -0.15) is 11.1 Å². The van der Waals surface area contributed by atoms with Gasteiger partial charge in [0, 0.05) is 28.4 Å². The van der Waals surface area contributed by atoms with E-state index in [1.54, 1.807) is 0 Å². The Labute approximate surface area is 76.3 Å². The molecule has 0 fully saturated rings. The molecule has 0 aromatic carbocycles. The zero-order chi connectivity index (χ0) is 9.33. The third kappa shape index (κ3) is 4.91. The molecular weight excluding hydrogens is 204 g/mol. The van der Waals surface area contributed by atoms with Crippen molar-refractivity contribution >= 4 is 29.7 Å². The van der Waals surface area contributed by atoms with Crippen LogP contribution in [0.4, 0.5) is 0 Å². The Bertz CT molecular complexity index is 63.0. The van der Waals surface area contributed by atoms with Crippen molar-refractivity contribution in [1.82, 2.24) is 0 Å². The molecule has 0 unspecified atom stereocenters. The van der Waals surface area contributed by atoms with Gasteiger partial charge in [-0.15, -0.1) is 0 Å². The van der Waals surface area contributed by atoms with Crippen LogP contribution in [0.15, 0.2) is 0 Å². The minimum atomic E-state index is -2.69. The largest absolute Gasteiger partial charge is 0.678 e. The van der Waals surface area contributed by atoms with Gasteiger partial charge in [0.25, 0.3) is 0 Å². The first-order chi connectivity index (χ1) is 5.24. The Morgan fingerprint density at radius 2 is 1.00 bits per heavy atom. The number of rotatable bonds is 4. The maximum Gasteiger partial charge on any atom is 0.678 e. The molecule has 0 aliphatic rings. The van der Waals surface area contributed by atoms with Gasteiger partial charge in [0.2, 0.25) is 0 Å². The molecule has 4 nitrogen and oxygen atoms in total. The van der Waals surface area contributed by atoms with Crippen molar-refractivity contribution < 1.29 is 17.7 Å². The highest BCUT2D eigenvalue weighted by atomic mass is 35.6. The zero-order valence-corrected chi connectivity index (χ0v) is 9.77. The van der Waals surface area contributed by atoms with Crippen LogP contribution < -0.4 is 0 Å². The molecule has 0 atom stereocenters. The van der Waals surface area contributed by atoms with Crippen LogP contribution in [0.1, 0.15) is 0 Å². The smallest absolute Gasteiger partial charge is 0.355 e. The third-order valence-corrected chi connectivity index (χ3v) is 3.00. The minimum Gasteiger partial charge on any atom is -0.355 e. The van der Waals surface area contributed by atoms with Gasteiger partial charge >= 0.3 is 9.05 Å². The van der Waals surface area contributed by atoms with E-state index in [0.29, 0.717) is 0 Å². The van der Waals surface area contributed by atoms with E-state index in [-0.39, 0.29) is 0 Å². The van der Waals surface area contributed by atoms with Gasteiger partial charge in [0.1, 0.15) is 0 Å². The van der Waals surface area contributed by atoms with E-state index in [0.717, 1.165) is 0 Å². The topological polar surface area (TPSA) is 36.9 Å². The van der Waals surface area contributed by atoms with Gasteiger partial charge < -0.3 is 17.7 Å². The second kappa shape index (κ2) is 8.66. The lowest BCUT2D eigenvalue weighted by Crippen LogP contribution is -2.45. The van der Waals surface area contributed by atoms with Gasteiger partial charge in [-0.05, 0) is 0 Å². The molecule has 0 saturated heterocycles. The summed E-state index contributed by atoms with van der Waals surface area (Å²) in [5.74, 6) is 0. The number of hydrogen-bond acceptors (Lipinski definition) is 4. The lowest BCUT2D eigenvalue weighted by molar-refractivity contribution is 0.0226. The van der Waals surface area contributed by atoms with Crippen LogP contribution in [0, 0.1) is 0 Å². The monoisotopic (exact) mass is 215 g/mol. The molecule has 0 rings (SSSR count). The molecular formula is C4H12ClO4Si2. The summed E-state index contributed by atoms with van der Waals surface area (Å²) in [5.41, 5.74) is 0. The first kappa shape index (κ1) is 14.1. The van der Waals surface area contributed by atoms with E-state index in [1.165, 1.54) is 28.4 Å². The summed E-state index contributed by atoms with van der Waals surface area (Å²) in [6.45, 7) is 0. The highest BCUT2D eigenvalue weighted by Crippen LogP contribution is 2.04. The van der Waals surface area contributed by atoms with Crippen LogP contribution in [0.5, 0.6) is 0 Å². The van der Waals surface area contributed by atoms with Crippen LogP contribution >= 0.6 is 11.1 Å². The zero-order valence-electron chi connectivity index (χ0n) is 7.01. The van der Waals surface area contributed by atoms with Crippen molar-refractivity contribution in [3.63, 3.8) is 0 Å². The summed E-state index contributed by atoms with van der Waals surface area (Å²) in [5, 5.41) is 0. The van der Waals surface area contributed by atoms with Crippen LogP contribution in [-0.4, -0.2) is 47.0 Å². The molecule has 0 bridgehead atoms. The fourth-order valence-electron chi connectivity index (χ4n) is 0.500. The molecule has 7 heteroatoms. The molecule has 0 aliphatic carbocycles. The van der Waals surface area contributed by atoms with Crippen molar-refractivity contribution in [3.05, 3.63) is 0 Å². The Hall–Kier alpha value is 0.564. The normalized spacial score (nSPS) is 10.4. The molecule has 67 valence electrons. The van der Waals surface area contributed by atoms with E-state index in [2.05, 4.69) is 20.6 Å². The number of halogens is 1. The summed E-state index contributed by atoms with van der Waals surface area (Å²) in [4.78, 5) is 0. The highest BCUT2D eigenvalue weighted by molar-refractivity contribution is 6.80. The molecule has 3 radical (unpaired) electrons. The predicted molar refractivity (Wildman–Crippen MR) is 45.4 cm³/mol. The van der Waals surface area contributed by atoms with Gasteiger partial charge in [0.05, 0.1) is 0 Å². The van der Waals surface area contributed by atoms with Gasteiger partial charge in [-0.3, -0.25) is 0 Å². The van der Waals surface area contributed by atoms with Crippen LogP contribution in [-0.2, 0) is 17.7 Å². The first-order valence-corrected chi connectivity index (χ1v) is 5.78. The average molecular weight is 216 g/mol. The maximum atomic E-state index is 4.86. The predicted octanol–water partition coefficient (Wildman–Crippen LogP) is 0.316. The summed E-state index contributed by atoms with van der Waals surface area (Å²) in [6, 6.07) is 0. The second-order valence-electron chi connectivity index (χ2n) is 1.32. The van der Waals surface area contributed by atoms with E-state index in [1.807, 2.05) is 0 Å². The van der Waals surface area contributed by atoms with E-state index >= 15 is 0 Å². The Kier molecular flexibility index (Phi) is 11.1. The molecule has 0 spiro atoms. The number of hydrogen-bond donors (Lipinski definition) is 0. The molecule has 11 heavy (non-hydrogen) atoms. The summed E-state index contributed by atoms with van der Waals surface area (Å²) in [7, 11) is 5.71. The standard InChI is InChI=1S/C4H12O4Si.ClSi/c1-5-9(6-2,7-3)8-4;1-2/h1-4H3;. The van der Waals surface area contributed by atoms with Crippen molar-refractivity contribution in [2.24, 2.45) is 0 Å². The lowest BCUT2D eigenvalue weighted by atomic mass is 11.8. The molecule has 0 aliphatic heterocycles. The van der Waals surface area contributed by atoms with E-state index in [9.17, 15) is 0 Å². The summed E-state index contributed by atoms with van der Waals surface area (Å²) >= 11 is 4.44. The van der Waals surface area contributed by atoms with Crippen LogP contribution in [0.2, 0.25) is 0 Å². The first-order valence-electron chi connectivity index (χ1n) is 2.64. The molecule has 0 N–H and O–H groups in total. The van der Waals surface area contributed by atoms with Crippen molar-refractivity contribution in [2.75, 3.05) is 28.4 Å². The van der Waals surface area contributed by atoms with Gasteiger partial charge in [0.15, 0.2) is 9.55 Å². The van der Waals surface area contributed by atoms with Gasteiger partial charge in [-0.1, -0.05) is 0 Å². The Morgan fingerprint density at radius 1 is 0.818 bits per heavy atom. The van der Waals surface area contributed by atoms with E-state index in [4.69, 9.17) is 17.7 Å². The second-order valence-corrected chi connectivity index (χ2v) is 3.95. The maximum absolute atomic E-state index is 4.86. The van der Waals surface area contributed by atoms with Crippen molar-refractivity contribution in [3.8, 4) is 0 Å². The fraction of sp³-hybridized carbons (Fsp3) is 1.00. The highest BCUT2D eigenvalue weighted by Gasteiger charge is 2.40. The average Bonchev–Trinajstić information content (AvgIpc) is 2.13. The molecule has 0 aromatic heterocycles. The van der Waals surface area contributed by atoms with Crippen LogP contribution in [0.25, 0.3) is 0 Å². The summed E-state index contributed by atoms with van der Waals surface area (Å²) < 4.78 is 19.4. The Balaban J connectivity index is 0. The van der Waals surface area contributed by atoms with Crippen LogP contribution in [0.3, 0.4) is 0 Å². The quantitative estimate of drug-likeness (QED) is 0.500.